The van der Waals surface area contributed by atoms with E-state index < -0.39 is 5.60 Å². The first-order valence-electron chi connectivity index (χ1n) is 26.0. The fourth-order valence-corrected chi connectivity index (χ4v) is 10.1. The van der Waals surface area contributed by atoms with Gasteiger partial charge in [0.25, 0.3) is 5.91 Å². The molecule has 1 aliphatic carbocycles. The van der Waals surface area contributed by atoms with E-state index in [0.29, 0.717) is 61.1 Å². The number of aliphatic imine (C=N–C) groups is 1. The molecule has 1 aromatic heterocycles. The number of nitrogens with zero attached hydrogens (tertiary/aromatic N) is 5. The van der Waals surface area contributed by atoms with Gasteiger partial charge in [-0.2, -0.15) is 0 Å². The number of amidine groups is 1. The maximum absolute atomic E-state index is 13.9. The lowest BCUT2D eigenvalue weighted by Gasteiger charge is -2.41. The molecule has 1 amide bonds. The zero-order valence-corrected chi connectivity index (χ0v) is 43.8. The highest BCUT2D eigenvalue weighted by Crippen LogP contribution is 2.37. The van der Waals surface area contributed by atoms with Crippen molar-refractivity contribution in [2.45, 2.75) is 171 Å². The predicted octanol–water partition coefficient (Wildman–Crippen LogP) is 10.7. The molecule has 12 nitrogen and oxygen atoms in total. The molecule has 3 aliphatic heterocycles. The zero-order chi connectivity index (χ0) is 50.6. The number of anilines is 2. The van der Waals surface area contributed by atoms with Gasteiger partial charge in [-0.05, 0) is 133 Å². The molecule has 3 fully saturated rings. The number of carbonyl (C=O) groups is 5. The summed E-state index contributed by atoms with van der Waals surface area (Å²) in [6.07, 6.45) is 14.8. The molecule has 4 heterocycles. The first-order chi connectivity index (χ1) is 32.9. The molecule has 1 atom stereocenters. The third kappa shape index (κ3) is 13.8. The van der Waals surface area contributed by atoms with E-state index in [2.05, 4.69) is 48.0 Å². The number of pyridine rings is 1. The molecular formula is C57H82N6O6. The van der Waals surface area contributed by atoms with E-state index in [1.807, 2.05) is 72.0 Å². The van der Waals surface area contributed by atoms with Crippen LogP contribution in [0.5, 0.6) is 0 Å². The monoisotopic (exact) mass is 947 g/mol. The third-order valence-electron chi connectivity index (χ3n) is 15.1. The first kappa shape index (κ1) is 54.9. The molecule has 0 bridgehead atoms. The molecule has 0 spiro atoms. The zero-order valence-electron chi connectivity index (χ0n) is 43.8. The van der Waals surface area contributed by atoms with E-state index in [-0.39, 0.29) is 52.5 Å². The highest BCUT2D eigenvalue weighted by Gasteiger charge is 2.41. The number of allylic oxidation sites excluding steroid dienone is 2. The molecule has 376 valence electrons. The Labute approximate surface area is 413 Å². The maximum Gasteiger partial charge on any atom is 0.263 e. The smallest absolute Gasteiger partial charge is 0.263 e. The van der Waals surface area contributed by atoms with Crippen molar-refractivity contribution in [1.82, 2.24) is 14.8 Å². The number of nitrogens with one attached hydrogen (secondary N) is 1. The van der Waals surface area contributed by atoms with Crippen LogP contribution in [0.3, 0.4) is 0 Å². The fourth-order valence-electron chi connectivity index (χ4n) is 10.1. The van der Waals surface area contributed by atoms with Crippen LogP contribution in [-0.2, 0) is 31.2 Å². The van der Waals surface area contributed by atoms with Gasteiger partial charge in [-0.3, -0.25) is 28.9 Å². The second kappa shape index (κ2) is 25.2. The standard InChI is InChI=1S/C48H66N6O4.C9H16O2/c1-9-32(6)45(51-46-40(11-3)33(7)43(34(8)55)47(57)54(46)38-14-12-13-15-38)50-42-19-17-39(29-49-42)53-24-20-35(21-25-53)30-52-26-22-48(58,23-27-52)37-16-18-41(36(10-2)28-37)44(56)31(4)5;1-4-9(11)6-5-7(2)8(3)10/h11,16-19,28-29,31,35,38,58H,9-10,12-15,20-27,30H2,1-8H3,(H,49,50);7H,4-6H2,1-3H3/b40-11-,45-32+,51-46+;. The van der Waals surface area contributed by atoms with Crippen molar-refractivity contribution < 1.29 is 29.1 Å². The van der Waals surface area contributed by atoms with E-state index >= 15 is 0 Å². The number of hydrogen-bond donors (Lipinski definition) is 2. The summed E-state index contributed by atoms with van der Waals surface area (Å²) in [5.41, 5.74) is 5.82. The number of aryl methyl sites for hydroxylation is 1. The molecule has 1 aromatic carbocycles. The number of hydrogen-bond acceptors (Lipinski definition) is 11. The Morgan fingerprint density at radius 2 is 1.59 bits per heavy atom. The highest BCUT2D eigenvalue weighted by molar-refractivity contribution is 6.29. The van der Waals surface area contributed by atoms with Gasteiger partial charge in [-0.25, -0.2) is 9.98 Å². The van der Waals surface area contributed by atoms with E-state index in [1.165, 1.54) is 6.92 Å². The quantitative estimate of drug-likeness (QED) is 0.109. The lowest BCUT2D eigenvalue weighted by molar-refractivity contribution is -0.128. The summed E-state index contributed by atoms with van der Waals surface area (Å²) < 4.78 is 0. The summed E-state index contributed by atoms with van der Waals surface area (Å²) in [5.74, 6) is 2.71. The number of piperidine rings is 2. The molecule has 4 aliphatic rings. The van der Waals surface area contributed by atoms with Gasteiger partial charge in [0.2, 0.25) is 0 Å². The van der Waals surface area contributed by atoms with Crippen LogP contribution in [0.4, 0.5) is 11.5 Å². The maximum atomic E-state index is 13.9. The van der Waals surface area contributed by atoms with Crippen LogP contribution in [-0.4, -0.2) is 93.5 Å². The number of benzene rings is 1. The van der Waals surface area contributed by atoms with E-state index in [0.717, 1.165) is 118 Å². The molecule has 6 rings (SSSR count). The molecule has 2 aromatic rings. The van der Waals surface area contributed by atoms with Gasteiger partial charge in [0.05, 0.1) is 23.1 Å². The second-order valence-corrected chi connectivity index (χ2v) is 20.3. The van der Waals surface area contributed by atoms with Crippen LogP contribution in [0.1, 0.15) is 175 Å². The normalized spacial score (nSPS) is 20.3. The first-order valence-corrected chi connectivity index (χ1v) is 26.0. The number of Topliss-reactive ketones (excluding diaryl/α,β-unsaturated/α-hetero) is 4. The van der Waals surface area contributed by atoms with Crippen molar-refractivity contribution in [1.29, 1.82) is 0 Å². The van der Waals surface area contributed by atoms with Gasteiger partial charge in [-0.15, -0.1) is 0 Å². The second-order valence-electron chi connectivity index (χ2n) is 20.3. The minimum Gasteiger partial charge on any atom is -0.385 e. The molecule has 1 saturated carbocycles. The van der Waals surface area contributed by atoms with Crippen molar-refractivity contribution in [3.63, 3.8) is 0 Å². The highest BCUT2D eigenvalue weighted by atomic mass is 16.3. The Morgan fingerprint density at radius 3 is 2.13 bits per heavy atom. The van der Waals surface area contributed by atoms with Crippen LogP contribution in [0, 0.1) is 17.8 Å². The van der Waals surface area contributed by atoms with E-state index in [1.54, 1.807) is 11.8 Å². The average molecular weight is 947 g/mol. The third-order valence-corrected chi connectivity index (χ3v) is 15.1. The van der Waals surface area contributed by atoms with Gasteiger partial charge in [-0.1, -0.05) is 78.7 Å². The van der Waals surface area contributed by atoms with Gasteiger partial charge in [0.15, 0.2) is 11.6 Å². The molecule has 0 radical (unpaired) electrons. The van der Waals surface area contributed by atoms with E-state index in [4.69, 9.17) is 9.98 Å². The van der Waals surface area contributed by atoms with Crippen LogP contribution < -0.4 is 10.2 Å². The number of carbonyl (C=O) groups excluding carboxylic acids is 5. The minimum absolute atomic E-state index is 0.0140. The summed E-state index contributed by atoms with van der Waals surface area (Å²) in [6.45, 7) is 25.4. The van der Waals surface area contributed by atoms with Crippen molar-refractivity contribution in [2.75, 3.05) is 42.9 Å². The van der Waals surface area contributed by atoms with Crippen LogP contribution in [0.15, 0.2) is 75.7 Å². The van der Waals surface area contributed by atoms with Crippen molar-refractivity contribution in [3.8, 4) is 0 Å². The molecule has 12 heteroatoms. The molecule has 1 unspecified atom stereocenters. The van der Waals surface area contributed by atoms with E-state index in [9.17, 15) is 29.1 Å². The molecular weight excluding hydrogens is 865 g/mol. The number of ketones is 4. The van der Waals surface area contributed by atoms with Gasteiger partial charge in [0, 0.05) is 74.6 Å². The lowest BCUT2D eigenvalue weighted by Crippen LogP contribution is -2.49. The Balaban J connectivity index is 0.000000718. The summed E-state index contributed by atoms with van der Waals surface area (Å²) in [7, 11) is 0. The Bertz CT molecular complexity index is 2280. The van der Waals surface area contributed by atoms with Crippen LogP contribution in [0.2, 0.25) is 0 Å². The molecule has 2 saturated heterocycles. The van der Waals surface area contributed by atoms with Crippen molar-refractivity contribution in [3.05, 3.63) is 87.4 Å². The predicted molar refractivity (Wildman–Crippen MR) is 278 cm³/mol. The Kier molecular flexibility index (Phi) is 20.0. The molecule has 2 N–H and O–H groups in total. The lowest BCUT2D eigenvalue weighted by atomic mass is 9.81. The van der Waals surface area contributed by atoms with Crippen LogP contribution in [0.25, 0.3) is 0 Å². The average Bonchev–Trinajstić information content (AvgIpc) is 3.88. The Morgan fingerprint density at radius 1 is 0.928 bits per heavy atom. The summed E-state index contributed by atoms with van der Waals surface area (Å²) in [5, 5.41) is 15.2. The number of aliphatic hydroxyl groups is 1. The number of aromatic nitrogens is 1. The number of rotatable bonds is 18. The number of amides is 1. The summed E-state index contributed by atoms with van der Waals surface area (Å²) in [4.78, 5) is 77.7. The van der Waals surface area contributed by atoms with Gasteiger partial charge >= 0.3 is 0 Å². The fraction of sp³-hybridized carbons (Fsp3) is 0.596. The van der Waals surface area contributed by atoms with Crippen molar-refractivity contribution in [2.24, 2.45) is 22.7 Å². The molecule has 69 heavy (non-hydrogen) atoms. The van der Waals surface area contributed by atoms with Crippen molar-refractivity contribution >= 4 is 46.4 Å². The largest absolute Gasteiger partial charge is 0.385 e. The summed E-state index contributed by atoms with van der Waals surface area (Å²) in [6, 6.07) is 10.1. The van der Waals surface area contributed by atoms with Crippen LogP contribution >= 0.6 is 0 Å². The van der Waals surface area contributed by atoms with Gasteiger partial charge < -0.3 is 20.2 Å². The topological polar surface area (TPSA) is 153 Å². The number of likely N-dealkylation sites (tertiary alicyclic amines) is 1. The van der Waals surface area contributed by atoms with Gasteiger partial charge in [0.1, 0.15) is 29.0 Å². The Hall–Kier alpha value is -5.07. The summed E-state index contributed by atoms with van der Waals surface area (Å²) >= 11 is 0. The SMILES string of the molecule is C/C=C1/C(C)=C(C(C)=O)C(=O)N(C2CCCC2)/C1=N/C(Nc1ccc(N2CCC(CN3CCC(O)(c4ccc(C(=O)C(C)C)c(CC)c4)CC3)CC2)cn1)=C(\C)CC.CCC(=O)CCC(C)C(C)=O. The minimum atomic E-state index is -0.854.